The van der Waals surface area contributed by atoms with Crippen LogP contribution in [0.15, 0.2) is 36.0 Å². The number of pyridine rings is 1. The van der Waals surface area contributed by atoms with Crippen LogP contribution < -0.4 is 10.6 Å². The van der Waals surface area contributed by atoms with Gasteiger partial charge in [0.25, 0.3) is 0 Å². The molecule has 2 rings (SSSR count). The maximum atomic E-state index is 5.79. The van der Waals surface area contributed by atoms with E-state index in [-0.39, 0.29) is 0 Å². The fourth-order valence-electron chi connectivity index (χ4n) is 2.16. The normalized spacial score (nSPS) is 11.5. The zero-order valence-corrected chi connectivity index (χ0v) is 14.7. The molecule has 0 fully saturated rings. The lowest BCUT2D eigenvalue weighted by Gasteiger charge is -2.11. The summed E-state index contributed by atoms with van der Waals surface area (Å²) in [6.45, 7) is 5.42. The van der Waals surface area contributed by atoms with Crippen LogP contribution in [0.3, 0.4) is 0 Å². The Morgan fingerprint density at radius 2 is 2.04 bits per heavy atom. The third kappa shape index (κ3) is 6.95. The van der Waals surface area contributed by atoms with Crippen molar-refractivity contribution >= 4 is 17.6 Å². The molecule has 0 aliphatic rings. The van der Waals surface area contributed by atoms with Gasteiger partial charge < -0.3 is 15.2 Å². The molecule has 0 amide bonds. The summed E-state index contributed by atoms with van der Waals surface area (Å²) in [5.74, 6) is 0.851. The van der Waals surface area contributed by atoms with Crippen LogP contribution in [0.4, 0.5) is 0 Å². The average Bonchev–Trinajstić information content (AvgIpc) is 3.10. The van der Waals surface area contributed by atoms with Crippen molar-refractivity contribution in [3.8, 4) is 0 Å². The molecule has 2 aromatic heterocycles. The molecule has 0 radical (unpaired) electrons. The lowest BCUT2D eigenvalue weighted by atomic mass is 10.2. The van der Waals surface area contributed by atoms with Gasteiger partial charge in [0, 0.05) is 32.4 Å². The van der Waals surface area contributed by atoms with Crippen LogP contribution in [-0.4, -0.2) is 45.3 Å². The van der Waals surface area contributed by atoms with Crippen molar-refractivity contribution in [1.82, 2.24) is 30.4 Å². The topological polar surface area (TPSA) is 80.0 Å². The number of rotatable bonds is 9. The lowest BCUT2D eigenvalue weighted by Crippen LogP contribution is -2.38. The minimum atomic E-state index is 0.521. The number of aromatic nitrogens is 4. The van der Waals surface area contributed by atoms with E-state index in [0.717, 1.165) is 57.0 Å². The fraction of sp³-hybridized carbons (Fsp3) is 0.500. The molecular formula is C16H24ClN7. The van der Waals surface area contributed by atoms with E-state index in [2.05, 4.69) is 37.7 Å². The monoisotopic (exact) mass is 349 g/mol. The highest BCUT2D eigenvalue weighted by molar-refractivity contribution is 6.29. The van der Waals surface area contributed by atoms with E-state index in [9.17, 15) is 0 Å². The van der Waals surface area contributed by atoms with Crippen molar-refractivity contribution in [3.05, 3.63) is 41.7 Å². The standard InChI is InChI=1S/C16H24ClN7/c1-2-18-16(19-8-3-4-10-24-12-22-23-13-24)20-9-7-14-5-6-15(17)21-11-14/h5-6,11-13H,2-4,7-10H2,1H3,(H2,18,19,20). The Labute approximate surface area is 147 Å². The maximum absolute atomic E-state index is 5.79. The average molecular weight is 350 g/mol. The largest absolute Gasteiger partial charge is 0.357 e. The molecule has 2 heterocycles. The second kappa shape index (κ2) is 10.6. The molecule has 7 nitrogen and oxygen atoms in total. The number of nitrogens with one attached hydrogen (secondary N) is 2. The quantitative estimate of drug-likeness (QED) is 0.313. The molecule has 0 saturated carbocycles. The third-order valence-electron chi connectivity index (χ3n) is 3.40. The molecule has 0 saturated heterocycles. The second-order valence-corrected chi connectivity index (χ2v) is 5.72. The molecule has 0 atom stereocenters. The van der Waals surface area contributed by atoms with Gasteiger partial charge in [-0.2, -0.15) is 0 Å². The number of unbranched alkanes of at least 4 members (excludes halogenated alkanes) is 1. The summed E-state index contributed by atoms with van der Waals surface area (Å²) < 4.78 is 1.98. The first kappa shape index (κ1) is 18.2. The Morgan fingerprint density at radius 3 is 2.75 bits per heavy atom. The van der Waals surface area contributed by atoms with E-state index in [0.29, 0.717) is 5.15 Å². The Bertz CT molecular complexity index is 595. The molecule has 0 aromatic carbocycles. The van der Waals surface area contributed by atoms with Gasteiger partial charge >= 0.3 is 0 Å². The van der Waals surface area contributed by atoms with Gasteiger partial charge in [0.05, 0.1) is 0 Å². The Kier molecular flexibility index (Phi) is 8.03. The maximum Gasteiger partial charge on any atom is 0.191 e. The Balaban J connectivity index is 1.66. The van der Waals surface area contributed by atoms with Gasteiger partial charge in [0.2, 0.25) is 0 Å². The van der Waals surface area contributed by atoms with Crippen LogP contribution in [0.25, 0.3) is 0 Å². The number of hydrogen-bond donors (Lipinski definition) is 2. The van der Waals surface area contributed by atoms with Crippen molar-refractivity contribution < 1.29 is 0 Å². The van der Waals surface area contributed by atoms with Crippen molar-refractivity contribution in [2.24, 2.45) is 4.99 Å². The molecule has 0 aliphatic heterocycles. The van der Waals surface area contributed by atoms with Gasteiger partial charge in [0.1, 0.15) is 17.8 Å². The number of guanidine groups is 1. The Morgan fingerprint density at radius 1 is 1.21 bits per heavy atom. The first-order valence-electron chi connectivity index (χ1n) is 8.23. The summed E-state index contributed by atoms with van der Waals surface area (Å²) in [5, 5.41) is 14.7. The van der Waals surface area contributed by atoms with Crippen LogP contribution in [0, 0.1) is 0 Å². The van der Waals surface area contributed by atoms with Gasteiger partial charge in [-0.1, -0.05) is 17.7 Å². The molecule has 0 aliphatic carbocycles. The van der Waals surface area contributed by atoms with E-state index in [1.54, 1.807) is 18.9 Å². The highest BCUT2D eigenvalue weighted by Gasteiger charge is 1.99. The van der Waals surface area contributed by atoms with E-state index < -0.39 is 0 Å². The molecule has 0 unspecified atom stereocenters. The van der Waals surface area contributed by atoms with Gasteiger partial charge in [-0.25, -0.2) is 4.98 Å². The SMILES string of the molecule is CCNC(=NCCCCn1cnnc1)NCCc1ccc(Cl)nc1. The molecule has 130 valence electrons. The van der Waals surface area contributed by atoms with Gasteiger partial charge in [-0.15, -0.1) is 10.2 Å². The smallest absolute Gasteiger partial charge is 0.191 e. The molecule has 2 N–H and O–H groups in total. The minimum absolute atomic E-state index is 0.521. The van der Waals surface area contributed by atoms with Gasteiger partial charge in [-0.3, -0.25) is 4.99 Å². The number of nitrogens with zero attached hydrogens (tertiary/aromatic N) is 5. The summed E-state index contributed by atoms with van der Waals surface area (Å²) in [7, 11) is 0. The van der Waals surface area contributed by atoms with E-state index >= 15 is 0 Å². The van der Waals surface area contributed by atoms with Crippen LogP contribution in [0.1, 0.15) is 25.3 Å². The summed E-state index contributed by atoms with van der Waals surface area (Å²) in [6, 6.07) is 3.80. The summed E-state index contributed by atoms with van der Waals surface area (Å²) in [6.07, 6.45) is 8.23. The number of halogens is 1. The van der Waals surface area contributed by atoms with Crippen LogP contribution >= 0.6 is 11.6 Å². The van der Waals surface area contributed by atoms with E-state index in [1.165, 1.54) is 0 Å². The molecule has 0 bridgehead atoms. The predicted molar refractivity (Wildman–Crippen MR) is 96.2 cm³/mol. The Hall–Kier alpha value is -2.15. The van der Waals surface area contributed by atoms with Crippen molar-refractivity contribution in [2.45, 2.75) is 32.7 Å². The number of hydrogen-bond acceptors (Lipinski definition) is 4. The third-order valence-corrected chi connectivity index (χ3v) is 3.62. The lowest BCUT2D eigenvalue weighted by molar-refractivity contribution is 0.611. The van der Waals surface area contributed by atoms with Gasteiger partial charge in [0.15, 0.2) is 5.96 Å². The molecule has 2 aromatic rings. The van der Waals surface area contributed by atoms with E-state index in [4.69, 9.17) is 11.6 Å². The van der Waals surface area contributed by atoms with Crippen LogP contribution in [0.5, 0.6) is 0 Å². The van der Waals surface area contributed by atoms with Crippen molar-refractivity contribution in [2.75, 3.05) is 19.6 Å². The van der Waals surface area contributed by atoms with Gasteiger partial charge in [-0.05, 0) is 37.8 Å². The summed E-state index contributed by atoms with van der Waals surface area (Å²) >= 11 is 5.79. The van der Waals surface area contributed by atoms with E-state index in [1.807, 2.05) is 16.7 Å². The second-order valence-electron chi connectivity index (χ2n) is 5.33. The highest BCUT2D eigenvalue weighted by Crippen LogP contribution is 2.05. The first-order valence-corrected chi connectivity index (χ1v) is 8.60. The summed E-state index contributed by atoms with van der Waals surface area (Å²) in [5.41, 5.74) is 1.15. The van der Waals surface area contributed by atoms with Crippen molar-refractivity contribution in [1.29, 1.82) is 0 Å². The van der Waals surface area contributed by atoms with Crippen LogP contribution in [0.2, 0.25) is 5.15 Å². The zero-order valence-electron chi connectivity index (χ0n) is 14.0. The molecule has 24 heavy (non-hydrogen) atoms. The number of aryl methyl sites for hydroxylation is 1. The molecule has 8 heteroatoms. The molecule has 0 spiro atoms. The predicted octanol–water partition coefficient (Wildman–Crippen LogP) is 1.90. The van der Waals surface area contributed by atoms with Crippen LogP contribution in [-0.2, 0) is 13.0 Å². The minimum Gasteiger partial charge on any atom is -0.357 e. The highest BCUT2D eigenvalue weighted by atomic mass is 35.5. The van der Waals surface area contributed by atoms with Crippen molar-refractivity contribution in [3.63, 3.8) is 0 Å². The first-order chi connectivity index (χ1) is 11.8. The molecular weight excluding hydrogens is 326 g/mol. The number of aliphatic imine (C=N–C) groups is 1. The zero-order chi connectivity index (χ0) is 17.0. The summed E-state index contributed by atoms with van der Waals surface area (Å²) in [4.78, 5) is 8.68. The fourth-order valence-corrected chi connectivity index (χ4v) is 2.27.